The minimum Gasteiger partial charge on any atom is -0.396 e. The molecule has 2 heteroatoms. The van der Waals surface area contributed by atoms with E-state index in [4.69, 9.17) is 9.84 Å². The average Bonchev–Trinajstić information content (AvgIpc) is 2.44. The lowest BCUT2D eigenvalue weighted by atomic mass is 10.0. The van der Waals surface area contributed by atoms with E-state index in [0.717, 1.165) is 23.1 Å². The fourth-order valence-electron chi connectivity index (χ4n) is 1.87. The van der Waals surface area contributed by atoms with E-state index in [1.54, 1.807) is 0 Å². The number of rotatable bonds is 8. The van der Waals surface area contributed by atoms with Crippen molar-refractivity contribution in [3.05, 3.63) is 47.5 Å². The lowest BCUT2D eigenvalue weighted by Crippen LogP contribution is -2.12. The summed E-state index contributed by atoms with van der Waals surface area (Å²) in [6.45, 7) is 9.26. The van der Waals surface area contributed by atoms with Gasteiger partial charge in [-0.25, -0.2) is 0 Å². The van der Waals surface area contributed by atoms with Gasteiger partial charge < -0.3 is 9.84 Å². The molecule has 0 saturated heterocycles. The van der Waals surface area contributed by atoms with Gasteiger partial charge in [0.05, 0.1) is 13.2 Å². The van der Waals surface area contributed by atoms with Crippen molar-refractivity contribution in [2.75, 3.05) is 13.2 Å². The van der Waals surface area contributed by atoms with Crippen LogP contribution in [0.5, 0.6) is 0 Å². The molecule has 0 spiro atoms. The third-order valence-electron chi connectivity index (χ3n) is 3.18. The van der Waals surface area contributed by atoms with Crippen LogP contribution in [-0.4, -0.2) is 18.3 Å². The van der Waals surface area contributed by atoms with Crippen LogP contribution >= 0.6 is 0 Å². The second kappa shape index (κ2) is 8.68. The maximum absolute atomic E-state index is 9.11. The highest BCUT2D eigenvalue weighted by Crippen LogP contribution is 2.16. The number of benzene rings is 1. The molecule has 104 valence electrons. The van der Waals surface area contributed by atoms with Gasteiger partial charge in [0, 0.05) is 12.5 Å². The van der Waals surface area contributed by atoms with E-state index in [9.17, 15) is 0 Å². The number of hydrogen-bond acceptors (Lipinski definition) is 2. The molecule has 1 N–H and O–H groups in total. The van der Waals surface area contributed by atoms with Gasteiger partial charge in [0.2, 0.25) is 0 Å². The SMILES string of the molecule is C=Cc1ccc(COCC(CC)CO)cc1/C=C\C. The highest BCUT2D eigenvalue weighted by molar-refractivity contribution is 5.64. The van der Waals surface area contributed by atoms with E-state index in [1.165, 1.54) is 0 Å². The summed E-state index contributed by atoms with van der Waals surface area (Å²) in [7, 11) is 0. The van der Waals surface area contributed by atoms with E-state index in [1.807, 2.05) is 19.1 Å². The lowest BCUT2D eigenvalue weighted by Gasteiger charge is -2.12. The summed E-state index contributed by atoms with van der Waals surface area (Å²) < 4.78 is 5.66. The summed E-state index contributed by atoms with van der Waals surface area (Å²) in [6.07, 6.45) is 6.89. The molecule has 1 aromatic carbocycles. The molecule has 0 bridgehead atoms. The van der Waals surface area contributed by atoms with Gasteiger partial charge in [-0.15, -0.1) is 0 Å². The van der Waals surface area contributed by atoms with Gasteiger partial charge in [-0.2, -0.15) is 0 Å². The summed E-state index contributed by atoms with van der Waals surface area (Å²) in [5.74, 6) is 0.238. The van der Waals surface area contributed by atoms with Crippen molar-refractivity contribution in [2.45, 2.75) is 26.9 Å². The van der Waals surface area contributed by atoms with E-state index >= 15 is 0 Å². The van der Waals surface area contributed by atoms with Gasteiger partial charge >= 0.3 is 0 Å². The molecule has 0 aliphatic carbocycles. The molecule has 1 rings (SSSR count). The lowest BCUT2D eigenvalue weighted by molar-refractivity contribution is 0.0615. The molecule has 0 amide bonds. The van der Waals surface area contributed by atoms with E-state index in [-0.39, 0.29) is 12.5 Å². The second-order valence-corrected chi connectivity index (χ2v) is 4.64. The Balaban J connectivity index is 2.64. The minimum absolute atomic E-state index is 0.190. The summed E-state index contributed by atoms with van der Waals surface area (Å²) in [5.41, 5.74) is 3.43. The van der Waals surface area contributed by atoms with E-state index in [0.29, 0.717) is 13.2 Å². The molecule has 1 aromatic rings. The summed E-state index contributed by atoms with van der Waals surface area (Å²) >= 11 is 0. The number of ether oxygens (including phenoxy) is 1. The third-order valence-corrected chi connectivity index (χ3v) is 3.18. The van der Waals surface area contributed by atoms with Gasteiger partial charge in [0.1, 0.15) is 0 Å². The van der Waals surface area contributed by atoms with Crippen molar-refractivity contribution in [3.8, 4) is 0 Å². The largest absolute Gasteiger partial charge is 0.396 e. The molecular formula is C17H24O2. The number of aliphatic hydroxyl groups excluding tert-OH is 1. The molecule has 0 aromatic heterocycles. The number of hydrogen-bond donors (Lipinski definition) is 1. The monoisotopic (exact) mass is 260 g/mol. The van der Waals surface area contributed by atoms with Crippen LogP contribution in [0, 0.1) is 5.92 Å². The highest BCUT2D eigenvalue weighted by Gasteiger charge is 2.05. The van der Waals surface area contributed by atoms with Crippen molar-refractivity contribution in [2.24, 2.45) is 5.92 Å². The molecular weight excluding hydrogens is 236 g/mol. The van der Waals surface area contributed by atoms with Gasteiger partial charge in [-0.1, -0.05) is 43.9 Å². The van der Waals surface area contributed by atoms with Crippen LogP contribution in [-0.2, 0) is 11.3 Å². The van der Waals surface area contributed by atoms with Crippen LogP contribution in [0.3, 0.4) is 0 Å². The van der Waals surface area contributed by atoms with Crippen molar-refractivity contribution >= 4 is 12.2 Å². The zero-order valence-electron chi connectivity index (χ0n) is 11.9. The second-order valence-electron chi connectivity index (χ2n) is 4.64. The fourth-order valence-corrected chi connectivity index (χ4v) is 1.87. The Hall–Kier alpha value is -1.38. The maximum Gasteiger partial charge on any atom is 0.0717 e. The summed E-state index contributed by atoms with van der Waals surface area (Å²) in [6, 6.07) is 6.24. The Morgan fingerprint density at radius 2 is 2.16 bits per heavy atom. The Bertz CT molecular complexity index is 417. The molecule has 1 atom stereocenters. The predicted molar refractivity (Wildman–Crippen MR) is 81.8 cm³/mol. The topological polar surface area (TPSA) is 29.5 Å². The first-order chi connectivity index (χ1) is 9.24. The first-order valence-corrected chi connectivity index (χ1v) is 6.81. The van der Waals surface area contributed by atoms with E-state index < -0.39 is 0 Å². The average molecular weight is 260 g/mol. The Kier molecular flexibility index (Phi) is 7.16. The zero-order valence-corrected chi connectivity index (χ0v) is 11.9. The molecule has 0 saturated carbocycles. The van der Waals surface area contributed by atoms with Crippen molar-refractivity contribution < 1.29 is 9.84 Å². The molecule has 0 heterocycles. The van der Waals surface area contributed by atoms with Crippen molar-refractivity contribution in [1.29, 1.82) is 0 Å². The first-order valence-electron chi connectivity index (χ1n) is 6.81. The smallest absolute Gasteiger partial charge is 0.0717 e. The third kappa shape index (κ3) is 5.01. The number of aliphatic hydroxyl groups is 1. The number of allylic oxidation sites excluding steroid dienone is 1. The van der Waals surface area contributed by atoms with Crippen molar-refractivity contribution in [1.82, 2.24) is 0 Å². The van der Waals surface area contributed by atoms with Gasteiger partial charge in [0.15, 0.2) is 0 Å². The fraction of sp³-hybridized carbons (Fsp3) is 0.412. The normalized spacial score (nSPS) is 12.8. The van der Waals surface area contributed by atoms with Crippen LogP contribution in [0.4, 0.5) is 0 Å². The highest BCUT2D eigenvalue weighted by atomic mass is 16.5. The summed E-state index contributed by atoms with van der Waals surface area (Å²) in [5, 5.41) is 9.11. The zero-order chi connectivity index (χ0) is 14.1. The first kappa shape index (κ1) is 15.7. The summed E-state index contributed by atoms with van der Waals surface area (Å²) in [4.78, 5) is 0. The molecule has 19 heavy (non-hydrogen) atoms. The van der Waals surface area contributed by atoms with E-state index in [2.05, 4.69) is 37.8 Å². The maximum atomic E-state index is 9.11. The van der Waals surface area contributed by atoms with Crippen LogP contribution < -0.4 is 0 Å². The molecule has 0 fully saturated rings. The standard InChI is InChI=1S/C17H24O2/c1-4-7-17-10-15(8-9-16(17)6-3)13-19-12-14(5-2)11-18/h4,6-10,14,18H,3,5,11-13H2,1-2H3/b7-4-. The van der Waals surface area contributed by atoms with Crippen LogP contribution in [0.15, 0.2) is 30.9 Å². The Morgan fingerprint density at radius 1 is 1.37 bits per heavy atom. The Morgan fingerprint density at radius 3 is 2.74 bits per heavy atom. The quantitative estimate of drug-likeness (QED) is 0.768. The molecule has 0 radical (unpaired) electrons. The van der Waals surface area contributed by atoms with Crippen molar-refractivity contribution in [3.63, 3.8) is 0 Å². The molecule has 0 aliphatic heterocycles. The molecule has 1 unspecified atom stereocenters. The van der Waals surface area contributed by atoms with Gasteiger partial charge in [-0.05, 0) is 36.1 Å². The van der Waals surface area contributed by atoms with Crippen LogP contribution in [0.1, 0.15) is 37.0 Å². The van der Waals surface area contributed by atoms with Crippen LogP contribution in [0.2, 0.25) is 0 Å². The molecule has 2 nitrogen and oxygen atoms in total. The van der Waals surface area contributed by atoms with Crippen LogP contribution in [0.25, 0.3) is 12.2 Å². The van der Waals surface area contributed by atoms with Gasteiger partial charge in [0.25, 0.3) is 0 Å². The van der Waals surface area contributed by atoms with Gasteiger partial charge in [-0.3, -0.25) is 0 Å². The Labute approximate surface area is 116 Å². The predicted octanol–water partition coefficient (Wildman–Crippen LogP) is 3.90. The minimum atomic E-state index is 0.190. The molecule has 0 aliphatic rings.